The number of carbonyl (C=O) groups excluding carboxylic acids is 1. The number of rotatable bonds is 4. The van der Waals surface area contributed by atoms with Crippen molar-refractivity contribution in [3.63, 3.8) is 0 Å². The van der Waals surface area contributed by atoms with Gasteiger partial charge in [0.2, 0.25) is 5.91 Å². The molecule has 1 amide bonds. The SMILES string of the molecule is O=C(NC1C(O)OC(CO)C(O)C1O)[C@@H]1C[C@H]1c1ccccc1. The van der Waals surface area contributed by atoms with Crippen molar-refractivity contribution in [3.05, 3.63) is 35.9 Å². The molecule has 1 aromatic rings. The minimum absolute atomic E-state index is 0.130. The van der Waals surface area contributed by atoms with Crippen LogP contribution in [0.4, 0.5) is 0 Å². The molecule has 5 N–H and O–H groups in total. The Morgan fingerprint density at radius 1 is 1.17 bits per heavy atom. The maximum atomic E-state index is 12.3. The minimum atomic E-state index is -1.48. The highest BCUT2D eigenvalue weighted by Crippen LogP contribution is 2.47. The molecule has 1 saturated carbocycles. The molecule has 0 bridgehead atoms. The largest absolute Gasteiger partial charge is 0.394 e. The number of aliphatic hydroxyl groups is 4. The summed E-state index contributed by atoms with van der Waals surface area (Å²) in [5.41, 5.74) is 1.08. The molecule has 3 rings (SSSR count). The van der Waals surface area contributed by atoms with Crippen LogP contribution in [0.2, 0.25) is 0 Å². The Morgan fingerprint density at radius 3 is 2.52 bits per heavy atom. The van der Waals surface area contributed by atoms with Crippen molar-refractivity contribution in [2.75, 3.05) is 6.61 Å². The topological polar surface area (TPSA) is 119 Å². The van der Waals surface area contributed by atoms with Gasteiger partial charge in [0.25, 0.3) is 0 Å². The van der Waals surface area contributed by atoms with Crippen molar-refractivity contribution >= 4 is 5.91 Å². The Bertz CT molecular complexity index is 553. The van der Waals surface area contributed by atoms with E-state index in [0.29, 0.717) is 6.42 Å². The fraction of sp³-hybridized carbons (Fsp3) is 0.562. The van der Waals surface area contributed by atoms with Gasteiger partial charge < -0.3 is 30.5 Å². The highest BCUT2D eigenvalue weighted by molar-refractivity contribution is 5.83. The quantitative estimate of drug-likeness (QED) is 0.470. The van der Waals surface area contributed by atoms with Crippen LogP contribution in [0.3, 0.4) is 0 Å². The maximum Gasteiger partial charge on any atom is 0.224 e. The summed E-state index contributed by atoms with van der Waals surface area (Å²) in [6.45, 7) is -0.533. The molecule has 7 nitrogen and oxygen atoms in total. The van der Waals surface area contributed by atoms with Crippen molar-refractivity contribution in [2.45, 2.75) is 43.0 Å². The van der Waals surface area contributed by atoms with Gasteiger partial charge >= 0.3 is 0 Å². The molecule has 126 valence electrons. The number of benzene rings is 1. The number of hydrogen-bond donors (Lipinski definition) is 5. The minimum Gasteiger partial charge on any atom is -0.394 e. The molecule has 5 unspecified atom stereocenters. The van der Waals surface area contributed by atoms with E-state index in [1.54, 1.807) is 0 Å². The molecule has 1 aliphatic carbocycles. The first-order valence-corrected chi connectivity index (χ1v) is 7.68. The first kappa shape index (κ1) is 16.4. The number of hydrogen-bond acceptors (Lipinski definition) is 6. The summed E-state index contributed by atoms with van der Waals surface area (Å²) in [7, 11) is 0. The van der Waals surface area contributed by atoms with E-state index in [-0.39, 0.29) is 17.7 Å². The second-order valence-corrected chi connectivity index (χ2v) is 6.12. The van der Waals surface area contributed by atoms with Crippen LogP contribution >= 0.6 is 0 Å². The third kappa shape index (κ3) is 3.24. The second-order valence-electron chi connectivity index (χ2n) is 6.12. The van der Waals surface area contributed by atoms with E-state index < -0.39 is 37.3 Å². The summed E-state index contributed by atoms with van der Waals surface area (Å²) in [5, 5.41) is 41.3. The molecule has 1 saturated heterocycles. The maximum absolute atomic E-state index is 12.3. The summed E-state index contributed by atoms with van der Waals surface area (Å²) in [5.74, 6) is -0.380. The Kier molecular flexibility index (Phi) is 4.65. The van der Waals surface area contributed by atoms with Crippen LogP contribution in [-0.4, -0.2) is 63.6 Å². The third-order valence-electron chi connectivity index (χ3n) is 4.56. The molecule has 0 aromatic heterocycles. The lowest BCUT2D eigenvalue weighted by Gasteiger charge is -2.40. The van der Waals surface area contributed by atoms with Crippen LogP contribution < -0.4 is 5.32 Å². The monoisotopic (exact) mass is 323 g/mol. The molecule has 0 spiro atoms. The van der Waals surface area contributed by atoms with E-state index >= 15 is 0 Å². The average molecular weight is 323 g/mol. The summed E-state index contributed by atoms with van der Waals surface area (Å²) in [4.78, 5) is 12.3. The number of aliphatic hydroxyl groups excluding tert-OH is 4. The lowest BCUT2D eigenvalue weighted by molar-refractivity contribution is -0.253. The number of carbonyl (C=O) groups is 1. The van der Waals surface area contributed by atoms with Crippen LogP contribution in [0, 0.1) is 5.92 Å². The normalized spacial score (nSPS) is 39.7. The average Bonchev–Trinajstić information content (AvgIpc) is 3.36. The van der Waals surface area contributed by atoms with Gasteiger partial charge in [-0.25, -0.2) is 0 Å². The van der Waals surface area contributed by atoms with E-state index in [1.807, 2.05) is 30.3 Å². The second kappa shape index (κ2) is 6.54. The third-order valence-corrected chi connectivity index (χ3v) is 4.56. The molecular formula is C16H21NO6. The zero-order valence-electron chi connectivity index (χ0n) is 12.4. The molecule has 2 aliphatic rings. The Balaban J connectivity index is 1.60. The van der Waals surface area contributed by atoms with Gasteiger partial charge in [0, 0.05) is 5.92 Å². The van der Waals surface area contributed by atoms with Crippen LogP contribution in [0.1, 0.15) is 17.9 Å². The molecule has 7 atom stereocenters. The summed E-state index contributed by atoms with van der Waals surface area (Å²) in [6.07, 6.45) is -4.64. The van der Waals surface area contributed by atoms with Gasteiger partial charge in [-0.05, 0) is 17.9 Å². The lowest BCUT2D eigenvalue weighted by Crippen LogP contribution is -2.64. The highest BCUT2D eigenvalue weighted by Gasteiger charge is 2.48. The van der Waals surface area contributed by atoms with Crippen LogP contribution in [0.25, 0.3) is 0 Å². The van der Waals surface area contributed by atoms with Gasteiger partial charge in [0.15, 0.2) is 6.29 Å². The Hall–Kier alpha value is -1.51. The van der Waals surface area contributed by atoms with E-state index in [2.05, 4.69) is 5.32 Å². The van der Waals surface area contributed by atoms with E-state index in [0.717, 1.165) is 5.56 Å². The zero-order chi connectivity index (χ0) is 16.6. The predicted octanol–water partition coefficient (Wildman–Crippen LogP) is -1.29. The first-order chi connectivity index (χ1) is 11.0. The van der Waals surface area contributed by atoms with Gasteiger partial charge in [-0.3, -0.25) is 4.79 Å². The van der Waals surface area contributed by atoms with E-state index in [9.17, 15) is 20.1 Å². The van der Waals surface area contributed by atoms with Crippen molar-refractivity contribution in [1.82, 2.24) is 5.32 Å². The molecule has 1 aliphatic heterocycles. The molecular weight excluding hydrogens is 302 g/mol. The van der Waals surface area contributed by atoms with E-state index in [4.69, 9.17) is 9.84 Å². The van der Waals surface area contributed by atoms with Crippen molar-refractivity contribution in [1.29, 1.82) is 0 Å². The summed E-state index contributed by atoms with van der Waals surface area (Å²) < 4.78 is 5.02. The summed E-state index contributed by atoms with van der Waals surface area (Å²) in [6, 6.07) is 8.53. The van der Waals surface area contributed by atoms with Gasteiger partial charge in [0.05, 0.1) is 6.61 Å². The molecule has 7 heteroatoms. The van der Waals surface area contributed by atoms with Gasteiger partial charge in [-0.2, -0.15) is 0 Å². The molecule has 23 heavy (non-hydrogen) atoms. The first-order valence-electron chi connectivity index (χ1n) is 7.68. The Morgan fingerprint density at radius 2 is 1.87 bits per heavy atom. The van der Waals surface area contributed by atoms with Crippen molar-refractivity contribution in [2.24, 2.45) is 5.92 Å². The number of nitrogens with one attached hydrogen (secondary N) is 1. The number of amides is 1. The van der Waals surface area contributed by atoms with Crippen molar-refractivity contribution < 1.29 is 30.0 Å². The smallest absolute Gasteiger partial charge is 0.224 e. The van der Waals surface area contributed by atoms with Crippen LogP contribution in [0.15, 0.2) is 30.3 Å². The van der Waals surface area contributed by atoms with Crippen molar-refractivity contribution in [3.8, 4) is 0 Å². The predicted molar refractivity (Wildman–Crippen MR) is 79.2 cm³/mol. The molecule has 1 aromatic carbocycles. The zero-order valence-corrected chi connectivity index (χ0v) is 12.4. The lowest BCUT2D eigenvalue weighted by atomic mass is 9.97. The molecule has 2 fully saturated rings. The van der Waals surface area contributed by atoms with E-state index in [1.165, 1.54) is 0 Å². The number of ether oxygens (including phenoxy) is 1. The van der Waals surface area contributed by atoms with Gasteiger partial charge in [-0.15, -0.1) is 0 Å². The fourth-order valence-electron chi connectivity index (χ4n) is 3.08. The fourth-order valence-corrected chi connectivity index (χ4v) is 3.08. The molecule has 0 radical (unpaired) electrons. The molecule has 1 heterocycles. The highest BCUT2D eigenvalue weighted by atomic mass is 16.6. The van der Waals surface area contributed by atoms with Crippen LogP contribution in [0.5, 0.6) is 0 Å². The van der Waals surface area contributed by atoms with Gasteiger partial charge in [-0.1, -0.05) is 30.3 Å². The standard InChI is InChI=1S/C16H21NO6/c18-7-11-13(19)14(20)12(16(22)23-11)17-15(21)10-6-9(10)8-4-2-1-3-5-8/h1-5,9-14,16,18-20,22H,6-7H2,(H,17,21)/t9-,10+,11?,12?,13?,14?,16?/m0/s1. The van der Waals surface area contributed by atoms with Crippen LogP contribution in [-0.2, 0) is 9.53 Å². The Labute approximate surface area is 133 Å². The summed E-state index contributed by atoms with van der Waals surface area (Å²) >= 11 is 0. The van der Waals surface area contributed by atoms with Gasteiger partial charge in [0.1, 0.15) is 24.4 Å².